The van der Waals surface area contributed by atoms with E-state index in [1.165, 1.54) is 0 Å². The minimum Gasteiger partial charge on any atom is -0.497 e. The molecule has 0 heterocycles. The number of methoxy groups -OCH3 is 3. The molecule has 0 aliphatic carbocycles. The molecular formula is C28H32O6S. The second-order valence-electron chi connectivity index (χ2n) is 8.00. The molecule has 0 bridgehead atoms. The standard InChI is InChI=1S/C28H32O6S/c1-20(2)27(29)34-18-17-33-26-19-22(30-3)13-16-25(26)28(31-4,32-5)21-11-14-24(15-12-21)35-23-9-7-6-8-10-23/h6-16,19-20H,17-18H2,1-5H3. The predicted molar refractivity (Wildman–Crippen MR) is 136 cm³/mol. The molecule has 35 heavy (non-hydrogen) atoms. The summed E-state index contributed by atoms with van der Waals surface area (Å²) in [6.45, 7) is 3.89. The van der Waals surface area contributed by atoms with Crippen LogP contribution in [0.3, 0.4) is 0 Å². The molecule has 0 aliphatic rings. The average Bonchev–Trinajstić information content (AvgIpc) is 2.89. The van der Waals surface area contributed by atoms with Gasteiger partial charge in [0.05, 0.1) is 18.6 Å². The van der Waals surface area contributed by atoms with E-state index in [2.05, 4.69) is 12.1 Å². The summed E-state index contributed by atoms with van der Waals surface area (Å²) in [7, 11) is 4.77. The van der Waals surface area contributed by atoms with E-state index in [0.29, 0.717) is 17.1 Å². The molecule has 0 saturated carbocycles. The van der Waals surface area contributed by atoms with E-state index in [1.807, 2.05) is 54.6 Å². The van der Waals surface area contributed by atoms with Gasteiger partial charge < -0.3 is 23.7 Å². The van der Waals surface area contributed by atoms with E-state index < -0.39 is 5.79 Å². The minimum atomic E-state index is -1.22. The fourth-order valence-corrected chi connectivity index (χ4v) is 4.38. The maximum Gasteiger partial charge on any atom is 0.308 e. The van der Waals surface area contributed by atoms with Gasteiger partial charge in [-0.3, -0.25) is 4.79 Å². The molecule has 3 aromatic carbocycles. The minimum absolute atomic E-state index is 0.131. The Labute approximate surface area is 211 Å². The SMILES string of the molecule is COc1ccc(C(OC)(OC)c2ccc(Sc3ccccc3)cc2)c(OCCOC(=O)C(C)C)c1. The predicted octanol–water partition coefficient (Wildman–Crippen LogP) is 5.92. The summed E-state index contributed by atoms with van der Waals surface area (Å²) in [6, 6.07) is 23.7. The maximum atomic E-state index is 11.8. The Kier molecular flexibility index (Phi) is 9.60. The molecule has 0 N–H and O–H groups in total. The molecule has 0 aliphatic heterocycles. The first-order valence-electron chi connectivity index (χ1n) is 11.3. The van der Waals surface area contributed by atoms with E-state index >= 15 is 0 Å². The van der Waals surface area contributed by atoms with Crippen LogP contribution in [-0.2, 0) is 24.8 Å². The smallest absolute Gasteiger partial charge is 0.308 e. The number of carbonyl (C=O) groups excluding carboxylic acids is 1. The van der Waals surface area contributed by atoms with E-state index in [0.717, 1.165) is 15.4 Å². The third kappa shape index (κ3) is 6.57. The zero-order valence-electron chi connectivity index (χ0n) is 20.8. The number of hydrogen-bond acceptors (Lipinski definition) is 7. The molecule has 0 saturated heterocycles. The summed E-state index contributed by atoms with van der Waals surface area (Å²) in [5.74, 6) is -0.544. The number of carbonyl (C=O) groups is 1. The van der Waals surface area contributed by atoms with Gasteiger partial charge in [-0.2, -0.15) is 0 Å². The number of ether oxygens (including phenoxy) is 5. The van der Waals surface area contributed by atoms with Crippen LogP contribution >= 0.6 is 11.8 Å². The normalized spacial score (nSPS) is 11.4. The van der Waals surface area contributed by atoms with Crippen LogP contribution < -0.4 is 9.47 Å². The van der Waals surface area contributed by atoms with Gasteiger partial charge in [0, 0.05) is 35.6 Å². The molecule has 0 aromatic heterocycles. The zero-order chi connectivity index (χ0) is 25.3. The van der Waals surface area contributed by atoms with Crippen LogP contribution in [0, 0.1) is 5.92 Å². The molecule has 0 radical (unpaired) electrons. The lowest BCUT2D eigenvalue weighted by atomic mass is 9.96. The fourth-order valence-electron chi connectivity index (χ4n) is 3.54. The van der Waals surface area contributed by atoms with E-state index in [-0.39, 0.29) is 25.1 Å². The Bertz CT molecular complexity index is 1080. The highest BCUT2D eigenvalue weighted by atomic mass is 32.2. The van der Waals surface area contributed by atoms with Crippen molar-refractivity contribution in [2.45, 2.75) is 29.4 Å². The molecule has 0 spiro atoms. The summed E-state index contributed by atoms with van der Waals surface area (Å²) < 4.78 is 28.6. The second kappa shape index (κ2) is 12.6. The van der Waals surface area contributed by atoms with Crippen molar-refractivity contribution in [3.05, 3.63) is 83.9 Å². The van der Waals surface area contributed by atoms with Crippen LogP contribution in [0.5, 0.6) is 11.5 Å². The first kappa shape index (κ1) is 26.6. The van der Waals surface area contributed by atoms with Crippen LogP contribution in [0.1, 0.15) is 25.0 Å². The lowest BCUT2D eigenvalue weighted by Gasteiger charge is -2.33. The summed E-state index contributed by atoms with van der Waals surface area (Å²) in [6.07, 6.45) is 0. The van der Waals surface area contributed by atoms with Crippen molar-refractivity contribution < 1.29 is 28.5 Å². The molecule has 0 atom stereocenters. The Morgan fingerprint density at radius 3 is 2.11 bits per heavy atom. The van der Waals surface area contributed by atoms with Gasteiger partial charge in [0.25, 0.3) is 0 Å². The van der Waals surface area contributed by atoms with E-state index in [9.17, 15) is 4.79 Å². The molecule has 6 nitrogen and oxygen atoms in total. The van der Waals surface area contributed by atoms with Crippen molar-refractivity contribution in [2.24, 2.45) is 5.92 Å². The Balaban J connectivity index is 1.87. The van der Waals surface area contributed by atoms with Gasteiger partial charge in [-0.05, 0) is 36.4 Å². The monoisotopic (exact) mass is 496 g/mol. The summed E-state index contributed by atoms with van der Waals surface area (Å²) in [5, 5.41) is 0. The molecule has 186 valence electrons. The van der Waals surface area contributed by atoms with Crippen LogP contribution in [0.4, 0.5) is 0 Å². The van der Waals surface area contributed by atoms with Crippen molar-refractivity contribution in [1.29, 1.82) is 0 Å². The topological polar surface area (TPSA) is 63.2 Å². The third-order valence-electron chi connectivity index (χ3n) is 5.39. The Morgan fingerprint density at radius 1 is 0.857 bits per heavy atom. The van der Waals surface area contributed by atoms with Gasteiger partial charge in [-0.15, -0.1) is 0 Å². The number of hydrogen-bond donors (Lipinski definition) is 0. The third-order valence-corrected chi connectivity index (χ3v) is 6.40. The summed E-state index contributed by atoms with van der Waals surface area (Å²) >= 11 is 1.68. The lowest BCUT2D eigenvalue weighted by Crippen LogP contribution is -2.33. The highest BCUT2D eigenvalue weighted by molar-refractivity contribution is 7.99. The second-order valence-corrected chi connectivity index (χ2v) is 9.14. The Morgan fingerprint density at radius 2 is 1.51 bits per heavy atom. The number of benzene rings is 3. The highest BCUT2D eigenvalue weighted by Crippen LogP contribution is 2.41. The van der Waals surface area contributed by atoms with Gasteiger partial charge in [-0.25, -0.2) is 0 Å². The largest absolute Gasteiger partial charge is 0.497 e. The summed E-state index contributed by atoms with van der Waals surface area (Å²) in [5.41, 5.74) is 1.48. The first-order valence-corrected chi connectivity index (χ1v) is 12.2. The van der Waals surface area contributed by atoms with Gasteiger partial charge >= 0.3 is 5.97 Å². The molecule has 0 amide bonds. The van der Waals surface area contributed by atoms with E-state index in [1.54, 1.807) is 53.0 Å². The quantitative estimate of drug-likeness (QED) is 0.175. The van der Waals surface area contributed by atoms with Crippen molar-refractivity contribution >= 4 is 17.7 Å². The molecule has 3 aromatic rings. The molecule has 7 heteroatoms. The molecule has 0 fully saturated rings. The summed E-state index contributed by atoms with van der Waals surface area (Å²) in [4.78, 5) is 14.0. The first-order chi connectivity index (χ1) is 16.9. The van der Waals surface area contributed by atoms with Crippen molar-refractivity contribution in [3.8, 4) is 11.5 Å². The number of rotatable bonds is 12. The van der Waals surface area contributed by atoms with Crippen LogP contribution in [-0.4, -0.2) is 40.5 Å². The molecule has 0 unspecified atom stereocenters. The maximum absolute atomic E-state index is 11.8. The van der Waals surface area contributed by atoms with Gasteiger partial charge in [0.1, 0.15) is 24.7 Å². The van der Waals surface area contributed by atoms with Gasteiger partial charge in [0.15, 0.2) is 0 Å². The Hall–Kier alpha value is -3.00. The fraction of sp³-hybridized carbons (Fsp3) is 0.321. The van der Waals surface area contributed by atoms with Crippen LogP contribution in [0.15, 0.2) is 82.6 Å². The van der Waals surface area contributed by atoms with Crippen molar-refractivity contribution in [1.82, 2.24) is 0 Å². The van der Waals surface area contributed by atoms with Crippen molar-refractivity contribution in [2.75, 3.05) is 34.5 Å². The van der Waals surface area contributed by atoms with Gasteiger partial charge in [0.2, 0.25) is 5.79 Å². The lowest BCUT2D eigenvalue weighted by molar-refractivity contribution is -0.184. The van der Waals surface area contributed by atoms with Gasteiger partial charge in [-0.1, -0.05) is 55.9 Å². The zero-order valence-corrected chi connectivity index (χ0v) is 21.6. The molecular weight excluding hydrogens is 464 g/mol. The van der Waals surface area contributed by atoms with Crippen molar-refractivity contribution in [3.63, 3.8) is 0 Å². The highest BCUT2D eigenvalue weighted by Gasteiger charge is 2.38. The van der Waals surface area contributed by atoms with E-state index in [4.69, 9.17) is 23.7 Å². The average molecular weight is 497 g/mol. The molecule has 3 rings (SSSR count). The van der Waals surface area contributed by atoms with Crippen LogP contribution in [0.25, 0.3) is 0 Å². The number of esters is 1. The van der Waals surface area contributed by atoms with Crippen LogP contribution in [0.2, 0.25) is 0 Å².